The number of hydrogen-bond acceptors (Lipinski definition) is 2. The zero-order chi connectivity index (χ0) is 9.14. The molecule has 1 aromatic carbocycles. The Hall–Kier alpha value is -0.0600. The molecule has 0 heterocycles. The van der Waals surface area contributed by atoms with Gasteiger partial charge in [-0.2, -0.15) is 0 Å². The fourth-order valence-electron chi connectivity index (χ4n) is 0.682. The van der Waals surface area contributed by atoms with Gasteiger partial charge in [-0.3, -0.25) is 0 Å². The first kappa shape index (κ1) is 10.0. The minimum absolute atomic E-state index is 0.0724. The van der Waals surface area contributed by atoms with E-state index in [1.54, 1.807) is 12.1 Å². The topological polar surface area (TPSA) is 32.6 Å². The van der Waals surface area contributed by atoms with Crippen LogP contribution in [0.3, 0.4) is 0 Å². The van der Waals surface area contributed by atoms with E-state index in [0.29, 0.717) is 5.56 Å². The maximum absolute atomic E-state index is 8.38. The minimum atomic E-state index is 0.0724. The van der Waals surface area contributed by atoms with Gasteiger partial charge in [0, 0.05) is 14.5 Å². The SMILES string of the molecule is O/N=C(\Cl)c1ccc(Br)c(Br)c1. The van der Waals surface area contributed by atoms with Gasteiger partial charge in [0.15, 0.2) is 5.17 Å². The number of halogens is 3. The average Bonchev–Trinajstić information content (AvgIpc) is 2.08. The molecule has 0 fully saturated rings. The van der Waals surface area contributed by atoms with Gasteiger partial charge in [0.05, 0.1) is 0 Å². The highest BCUT2D eigenvalue weighted by atomic mass is 79.9. The summed E-state index contributed by atoms with van der Waals surface area (Å²) in [4.78, 5) is 0. The monoisotopic (exact) mass is 311 g/mol. The first-order valence-corrected chi connectivity index (χ1v) is 4.94. The van der Waals surface area contributed by atoms with Gasteiger partial charge in [-0.15, -0.1) is 0 Å². The summed E-state index contributed by atoms with van der Waals surface area (Å²) < 4.78 is 1.79. The zero-order valence-electron chi connectivity index (χ0n) is 5.76. The molecule has 0 bridgehead atoms. The lowest BCUT2D eigenvalue weighted by molar-refractivity contribution is 0.321. The van der Waals surface area contributed by atoms with Crippen LogP contribution in [0.2, 0.25) is 0 Å². The third-order valence-corrected chi connectivity index (χ3v) is 3.42. The summed E-state index contributed by atoms with van der Waals surface area (Å²) in [6, 6.07) is 5.32. The summed E-state index contributed by atoms with van der Waals surface area (Å²) in [5.41, 5.74) is 0.661. The first-order chi connectivity index (χ1) is 5.65. The number of nitrogens with zero attached hydrogens (tertiary/aromatic N) is 1. The van der Waals surface area contributed by atoms with Crippen molar-refractivity contribution < 1.29 is 5.21 Å². The summed E-state index contributed by atoms with van der Waals surface area (Å²) in [5, 5.41) is 11.3. The maximum Gasteiger partial charge on any atom is 0.175 e. The van der Waals surface area contributed by atoms with Crippen LogP contribution in [-0.2, 0) is 0 Å². The highest BCUT2D eigenvalue weighted by molar-refractivity contribution is 9.13. The molecule has 1 N–H and O–H groups in total. The molecule has 64 valence electrons. The van der Waals surface area contributed by atoms with Gasteiger partial charge in [0.1, 0.15) is 0 Å². The lowest BCUT2D eigenvalue weighted by atomic mass is 10.2. The second-order valence-electron chi connectivity index (χ2n) is 2.02. The molecule has 0 amide bonds. The van der Waals surface area contributed by atoms with E-state index in [-0.39, 0.29) is 5.17 Å². The summed E-state index contributed by atoms with van der Waals surface area (Å²) in [6.45, 7) is 0. The number of rotatable bonds is 1. The van der Waals surface area contributed by atoms with Crippen molar-refractivity contribution in [3.05, 3.63) is 32.7 Å². The lowest BCUT2D eigenvalue weighted by Crippen LogP contribution is -1.90. The summed E-state index contributed by atoms with van der Waals surface area (Å²) in [7, 11) is 0. The molecule has 12 heavy (non-hydrogen) atoms. The summed E-state index contributed by atoms with van der Waals surface area (Å²) in [5.74, 6) is 0. The molecule has 0 saturated heterocycles. The van der Waals surface area contributed by atoms with E-state index in [4.69, 9.17) is 16.8 Å². The van der Waals surface area contributed by atoms with Gasteiger partial charge >= 0.3 is 0 Å². The largest absolute Gasteiger partial charge is 0.410 e. The molecular formula is C7H4Br2ClNO. The zero-order valence-corrected chi connectivity index (χ0v) is 9.69. The number of benzene rings is 1. The molecule has 0 aliphatic carbocycles. The quantitative estimate of drug-likeness (QED) is 0.480. The predicted octanol–water partition coefficient (Wildman–Crippen LogP) is 3.59. The Morgan fingerprint density at radius 1 is 1.33 bits per heavy atom. The third-order valence-electron chi connectivity index (χ3n) is 1.25. The Kier molecular flexibility index (Phi) is 3.55. The molecule has 1 rings (SSSR count). The molecule has 2 nitrogen and oxygen atoms in total. The number of hydrogen-bond donors (Lipinski definition) is 1. The van der Waals surface area contributed by atoms with Crippen LogP contribution in [0, 0.1) is 0 Å². The van der Waals surface area contributed by atoms with Crippen molar-refractivity contribution in [2.75, 3.05) is 0 Å². The van der Waals surface area contributed by atoms with Crippen LogP contribution in [0.15, 0.2) is 32.3 Å². The highest BCUT2D eigenvalue weighted by Gasteiger charge is 2.02. The van der Waals surface area contributed by atoms with Crippen LogP contribution in [0.25, 0.3) is 0 Å². The Morgan fingerprint density at radius 2 is 2.00 bits per heavy atom. The molecule has 0 radical (unpaired) electrons. The van der Waals surface area contributed by atoms with Gasteiger partial charge in [-0.1, -0.05) is 22.8 Å². The second kappa shape index (κ2) is 4.25. The normalized spacial score (nSPS) is 11.8. The van der Waals surface area contributed by atoms with E-state index >= 15 is 0 Å². The van der Waals surface area contributed by atoms with Gasteiger partial charge in [0.25, 0.3) is 0 Å². The van der Waals surface area contributed by atoms with Crippen LogP contribution in [0.5, 0.6) is 0 Å². The molecule has 0 aromatic heterocycles. The van der Waals surface area contributed by atoms with E-state index in [2.05, 4.69) is 37.0 Å². The average molecular weight is 313 g/mol. The first-order valence-electron chi connectivity index (χ1n) is 2.98. The lowest BCUT2D eigenvalue weighted by Gasteiger charge is -1.98. The van der Waals surface area contributed by atoms with E-state index in [0.717, 1.165) is 8.95 Å². The van der Waals surface area contributed by atoms with Crippen LogP contribution < -0.4 is 0 Å². The molecule has 0 aliphatic rings. The standard InChI is InChI=1S/C7H4Br2ClNO/c8-5-2-1-4(3-6(5)9)7(10)11-12/h1-3,12H/b11-7-. The van der Waals surface area contributed by atoms with E-state index < -0.39 is 0 Å². The van der Waals surface area contributed by atoms with Gasteiger partial charge < -0.3 is 5.21 Å². The Labute approximate surface area is 91.5 Å². The van der Waals surface area contributed by atoms with Crippen molar-refractivity contribution in [3.63, 3.8) is 0 Å². The highest BCUT2D eigenvalue weighted by Crippen LogP contribution is 2.24. The van der Waals surface area contributed by atoms with E-state index in [9.17, 15) is 0 Å². The second-order valence-corrected chi connectivity index (χ2v) is 4.09. The Bertz CT molecular complexity index is 327. The van der Waals surface area contributed by atoms with Crippen molar-refractivity contribution in [2.45, 2.75) is 0 Å². The van der Waals surface area contributed by atoms with Crippen LogP contribution in [-0.4, -0.2) is 10.4 Å². The van der Waals surface area contributed by atoms with E-state index in [1.807, 2.05) is 6.07 Å². The molecule has 0 atom stereocenters. The van der Waals surface area contributed by atoms with Crippen molar-refractivity contribution >= 4 is 48.6 Å². The van der Waals surface area contributed by atoms with Crippen molar-refractivity contribution in [1.82, 2.24) is 0 Å². The fourth-order valence-corrected chi connectivity index (χ4v) is 1.43. The number of oxime groups is 1. The molecule has 1 aromatic rings. The molecule has 0 unspecified atom stereocenters. The third kappa shape index (κ3) is 2.21. The maximum atomic E-state index is 8.38. The fraction of sp³-hybridized carbons (Fsp3) is 0. The van der Waals surface area contributed by atoms with Crippen molar-refractivity contribution in [1.29, 1.82) is 0 Å². The molecule has 0 spiro atoms. The van der Waals surface area contributed by atoms with Gasteiger partial charge in [-0.05, 0) is 44.0 Å². The smallest absolute Gasteiger partial charge is 0.175 e. The van der Waals surface area contributed by atoms with Gasteiger partial charge in [-0.25, -0.2) is 0 Å². The predicted molar refractivity (Wildman–Crippen MR) is 56.0 cm³/mol. The Balaban J connectivity index is 3.13. The van der Waals surface area contributed by atoms with E-state index in [1.165, 1.54) is 0 Å². The molecule has 0 aliphatic heterocycles. The van der Waals surface area contributed by atoms with Gasteiger partial charge in [0.2, 0.25) is 0 Å². The molecular weight excluding hydrogens is 309 g/mol. The van der Waals surface area contributed by atoms with Crippen LogP contribution in [0.1, 0.15) is 5.56 Å². The van der Waals surface area contributed by atoms with Crippen LogP contribution >= 0.6 is 43.5 Å². The Morgan fingerprint density at radius 3 is 2.50 bits per heavy atom. The minimum Gasteiger partial charge on any atom is -0.410 e. The van der Waals surface area contributed by atoms with Crippen LogP contribution in [0.4, 0.5) is 0 Å². The molecule has 5 heteroatoms. The van der Waals surface area contributed by atoms with Crippen molar-refractivity contribution in [3.8, 4) is 0 Å². The molecule has 0 saturated carbocycles. The summed E-state index contributed by atoms with van der Waals surface area (Å²) in [6.07, 6.45) is 0. The van der Waals surface area contributed by atoms with Crippen molar-refractivity contribution in [2.24, 2.45) is 5.16 Å². The summed E-state index contributed by atoms with van der Waals surface area (Å²) >= 11 is 12.2.